The number of hydrogen-bond acceptors (Lipinski definition) is 7. The number of furan rings is 1. The Labute approximate surface area is 178 Å². The summed E-state index contributed by atoms with van der Waals surface area (Å²) < 4.78 is 46.5. The lowest BCUT2D eigenvalue weighted by molar-refractivity contribution is -0.0180. The molecule has 1 aliphatic rings. The summed E-state index contributed by atoms with van der Waals surface area (Å²) in [5, 5.41) is 0.460. The molecule has 7 nitrogen and oxygen atoms in total. The highest BCUT2D eigenvalue weighted by Gasteiger charge is 2.24. The van der Waals surface area contributed by atoms with Crippen LogP contribution in [0.4, 0.5) is 0 Å². The van der Waals surface area contributed by atoms with Gasteiger partial charge in [-0.1, -0.05) is 29.8 Å². The Morgan fingerprint density at radius 2 is 1.90 bits per heavy atom. The minimum atomic E-state index is -3.64. The van der Waals surface area contributed by atoms with E-state index < -0.39 is 15.8 Å². The topological polar surface area (TPSA) is 92.0 Å². The van der Waals surface area contributed by atoms with Crippen LogP contribution < -0.4 is 4.74 Å². The first-order valence-corrected chi connectivity index (χ1v) is 11.0. The van der Waals surface area contributed by atoms with Gasteiger partial charge in [-0.25, -0.2) is 13.2 Å². The van der Waals surface area contributed by atoms with Gasteiger partial charge in [-0.05, 0) is 30.3 Å². The molecule has 1 aliphatic heterocycles. The number of carbonyl (C=O) groups is 1. The van der Waals surface area contributed by atoms with Crippen LogP contribution in [-0.4, -0.2) is 21.2 Å². The number of benzene rings is 2. The molecule has 4 rings (SSSR count). The first-order chi connectivity index (χ1) is 14.4. The molecule has 0 spiro atoms. The highest BCUT2D eigenvalue weighted by atomic mass is 35.5. The summed E-state index contributed by atoms with van der Waals surface area (Å²) in [6.07, 6.45) is 1.26. The number of sulfone groups is 1. The summed E-state index contributed by atoms with van der Waals surface area (Å²) in [5.74, 6) is -0.760. The molecular formula is C21H17ClO7S. The van der Waals surface area contributed by atoms with Crippen molar-refractivity contribution in [2.75, 3.05) is 6.79 Å². The Hall–Kier alpha value is -2.81. The number of halogens is 1. The first-order valence-electron chi connectivity index (χ1n) is 8.97. The second-order valence-electron chi connectivity index (χ2n) is 6.59. The monoisotopic (exact) mass is 448 g/mol. The first kappa shape index (κ1) is 20.5. The van der Waals surface area contributed by atoms with E-state index in [9.17, 15) is 13.2 Å². The van der Waals surface area contributed by atoms with Crippen molar-refractivity contribution in [3.63, 3.8) is 0 Å². The van der Waals surface area contributed by atoms with E-state index in [1.54, 1.807) is 30.3 Å². The highest BCUT2D eigenvalue weighted by Crippen LogP contribution is 2.32. The highest BCUT2D eigenvalue weighted by molar-refractivity contribution is 7.90. The quantitative estimate of drug-likeness (QED) is 0.523. The van der Waals surface area contributed by atoms with Gasteiger partial charge in [0.25, 0.3) is 0 Å². The van der Waals surface area contributed by atoms with Gasteiger partial charge in [-0.3, -0.25) is 0 Å². The van der Waals surface area contributed by atoms with E-state index in [-0.39, 0.29) is 35.4 Å². The van der Waals surface area contributed by atoms with E-state index in [0.717, 1.165) is 5.56 Å². The van der Waals surface area contributed by atoms with Crippen molar-refractivity contribution in [2.45, 2.75) is 23.9 Å². The lowest BCUT2D eigenvalue weighted by Gasteiger charge is -2.21. The predicted octanol–water partition coefficient (Wildman–Crippen LogP) is 4.13. The van der Waals surface area contributed by atoms with Gasteiger partial charge in [0.1, 0.15) is 12.4 Å². The molecule has 0 aliphatic carbocycles. The zero-order chi connectivity index (χ0) is 21.1. The van der Waals surface area contributed by atoms with Crippen LogP contribution in [0.5, 0.6) is 5.75 Å². The minimum Gasteiger partial charge on any atom is -0.467 e. The molecule has 0 saturated carbocycles. The predicted molar refractivity (Wildman–Crippen MR) is 107 cm³/mol. The Balaban J connectivity index is 1.50. The van der Waals surface area contributed by atoms with Gasteiger partial charge in [0.2, 0.25) is 5.76 Å². The third kappa shape index (κ3) is 4.35. The molecule has 3 aromatic rings. The average molecular weight is 449 g/mol. The van der Waals surface area contributed by atoms with E-state index in [0.29, 0.717) is 22.9 Å². The number of ether oxygens (including phenoxy) is 3. The van der Waals surface area contributed by atoms with Crippen molar-refractivity contribution in [3.8, 4) is 5.75 Å². The SMILES string of the molecule is O=C(OCc1cc(Cl)cc2c1OCOC2)c1occc1CS(=O)(=O)c1ccccc1. The molecular weight excluding hydrogens is 432 g/mol. The molecule has 0 radical (unpaired) electrons. The van der Waals surface area contributed by atoms with Gasteiger partial charge in [-0.2, -0.15) is 0 Å². The molecule has 0 atom stereocenters. The zero-order valence-electron chi connectivity index (χ0n) is 15.7. The fourth-order valence-electron chi connectivity index (χ4n) is 3.12. The van der Waals surface area contributed by atoms with E-state index in [1.807, 2.05) is 0 Å². The lowest BCUT2D eigenvalue weighted by Crippen LogP contribution is -2.15. The van der Waals surface area contributed by atoms with E-state index in [1.165, 1.54) is 24.5 Å². The normalized spacial score (nSPS) is 13.4. The second kappa shape index (κ2) is 8.51. The van der Waals surface area contributed by atoms with Crippen molar-refractivity contribution >= 4 is 27.4 Å². The molecule has 30 heavy (non-hydrogen) atoms. The average Bonchev–Trinajstić information content (AvgIpc) is 3.19. The van der Waals surface area contributed by atoms with Crippen molar-refractivity contribution < 1.29 is 31.8 Å². The summed E-state index contributed by atoms with van der Waals surface area (Å²) in [6.45, 7) is 0.319. The van der Waals surface area contributed by atoms with E-state index in [2.05, 4.69) is 0 Å². The number of carbonyl (C=O) groups excluding carboxylic acids is 1. The van der Waals surface area contributed by atoms with Crippen LogP contribution in [0.2, 0.25) is 5.02 Å². The third-order valence-corrected chi connectivity index (χ3v) is 6.39. The van der Waals surface area contributed by atoms with Gasteiger partial charge in [0.15, 0.2) is 16.6 Å². The Kier molecular flexibility index (Phi) is 5.80. The van der Waals surface area contributed by atoms with Crippen LogP contribution in [0.15, 0.2) is 64.1 Å². The Morgan fingerprint density at radius 1 is 1.10 bits per heavy atom. The zero-order valence-corrected chi connectivity index (χ0v) is 17.2. The van der Waals surface area contributed by atoms with Gasteiger partial charge in [0, 0.05) is 21.7 Å². The van der Waals surface area contributed by atoms with Crippen molar-refractivity contribution in [3.05, 3.63) is 82.3 Å². The Morgan fingerprint density at radius 3 is 2.70 bits per heavy atom. The molecule has 156 valence electrons. The molecule has 0 fully saturated rings. The largest absolute Gasteiger partial charge is 0.467 e. The van der Waals surface area contributed by atoms with Crippen molar-refractivity contribution in [2.24, 2.45) is 0 Å². The second-order valence-corrected chi connectivity index (χ2v) is 9.01. The van der Waals surface area contributed by atoms with E-state index in [4.69, 9.17) is 30.2 Å². The molecule has 2 aromatic carbocycles. The molecule has 0 N–H and O–H groups in total. The van der Waals surface area contributed by atoms with Crippen LogP contribution in [0, 0.1) is 0 Å². The maximum Gasteiger partial charge on any atom is 0.374 e. The number of hydrogen-bond donors (Lipinski definition) is 0. The molecule has 0 amide bonds. The summed E-state index contributed by atoms with van der Waals surface area (Å²) in [4.78, 5) is 12.7. The number of rotatable bonds is 6. The molecule has 9 heteroatoms. The van der Waals surface area contributed by atoms with Gasteiger partial charge in [-0.15, -0.1) is 0 Å². The fraction of sp³-hybridized carbons (Fsp3) is 0.190. The molecule has 2 heterocycles. The third-order valence-electron chi connectivity index (χ3n) is 4.49. The Bertz CT molecular complexity index is 1170. The van der Waals surface area contributed by atoms with E-state index >= 15 is 0 Å². The van der Waals surface area contributed by atoms with Crippen LogP contribution in [0.1, 0.15) is 27.2 Å². The number of fused-ring (bicyclic) bond motifs is 1. The maximum atomic E-state index is 12.6. The summed E-state index contributed by atoms with van der Waals surface area (Å²) in [5.41, 5.74) is 1.56. The number of esters is 1. The minimum absolute atomic E-state index is 0.0925. The summed E-state index contributed by atoms with van der Waals surface area (Å²) in [6, 6.07) is 12.8. The van der Waals surface area contributed by atoms with Crippen LogP contribution in [0.3, 0.4) is 0 Å². The summed E-state index contributed by atoms with van der Waals surface area (Å²) in [7, 11) is -3.64. The molecule has 0 saturated heterocycles. The maximum absolute atomic E-state index is 12.6. The molecule has 0 unspecified atom stereocenters. The van der Waals surface area contributed by atoms with Crippen LogP contribution in [-0.2, 0) is 38.3 Å². The molecule has 0 bridgehead atoms. The molecule has 1 aromatic heterocycles. The van der Waals surface area contributed by atoms with Crippen LogP contribution >= 0.6 is 11.6 Å². The standard InChI is InChI=1S/C21H17ClO7S/c22-17-8-15-10-26-13-29-19(15)16(9-17)11-28-21(23)20-14(6-7-27-20)12-30(24,25)18-4-2-1-3-5-18/h1-9H,10-13H2. The van der Waals surface area contributed by atoms with Gasteiger partial charge in [0.05, 0.1) is 23.5 Å². The van der Waals surface area contributed by atoms with Crippen molar-refractivity contribution in [1.82, 2.24) is 0 Å². The van der Waals surface area contributed by atoms with Crippen molar-refractivity contribution in [1.29, 1.82) is 0 Å². The smallest absolute Gasteiger partial charge is 0.374 e. The van der Waals surface area contributed by atoms with Gasteiger partial charge < -0.3 is 18.6 Å². The fourth-order valence-corrected chi connectivity index (χ4v) is 4.76. The van der Waals surface area contributed by atoms with Crippen LogP contribution in [0.25, 0.3) is 0 Å². The summed E-state index contributed by atoms with van der Waals surface area (Å²) >= 11 is 6.12. The lowest BCUT2D eigenvalue weighted by atomic mass is 10.1. The van der Waals surface area contributed by atoms with Gasteiger partial charge >= 0.3 is 5.97 Å².